The van der Waals surface area contributed by atoms with E-state index in [1.54, 1.807) is 6.26 Å². The van der Waals surface area contributed by atoms with Crippen LogP contribution in [0.15, 0.2) is 47.1 Å². The standard InChI is InChI=1S/C20H23IN6O4S2/c1-2-8-25-33(28,29)10-5-9-27-18-16(17(22)23-12-24-18)26-20(27)32-15-11-30-19(31-15)13-6-3-4-7-14(13)21/h3-4,6-7,11-12,19,25H,2,5,8-10H2,1H3,(H2,22,23,24). The zero-order valence-electron chi connectivity index (χ0n) is 17.8. The van der Waals surface area contributed by atoms with Crippen LogP contribution in [0.3, 0.4) is 0 Å². The Morgan fingerprint density at radius 1 is 1.30 bits per heavy atom. The fourth-order valence-electron chi connectivity index (χ4n) is 3.18. The van der Waals surface area contributed by atoms with Crippen LogP contribution in [-0.2, 0) is 26.0 Å². The zero-order valence-corrected chi connectivity index (χ0v) is 21.6. The van der Waals surface area contributed by atoms with E-state index in [1.165, 1.54) is 18.1 Å². The highest BCUT2D eigenvalue weighted by Crippen LogP contribution is 2.39. The molecule has 1 aliphatic rings. The number of nitrogen functional groups attached to an aromatic ring is 1. The Hall–Kier alpha value is -2.10. The Morgan fingerprint density at radius 2 is 2.12 bits per heavy atom. The second-order valence-electron chi connectivity index (χ2n) is 7.19. The smallest absolute Gasteiger partial charge is 0.268 e. The first-order chi connectivity index (χ1) is 15.9. The van der Waals surface area contributed by atoms with Gasteiger partial charge in [0.25, 0.3) is 6.29 Å². The van der Waals surface area contributed by atoms with Gasteiger partial charge in [0.15, 0.2) is 22.1 Å². The second kappa shape index (κ2) is 10.4. The van der Waals surface area contributed by atoms with Gasteiger partial charge in [-0.3, -0.25) is 0 Å². The maximum absolute atomic E-state index is 12.2. The predicted octanol–water partition coefficient (Wildman–Crippen LogP) is 3.37. The van der Waals surface area contributed by atoms with Gasteiger partial charge in [0.2, 0.25) is 15.1 Å². The molecule has 1 aliphatic heterocycles. The third-order valence-corrected chi connectivity index (χ3v) is 8.09. The monoisotopic (exact) mass is 602 g/mol. The lowest BCUT2D eigenvalue weighted by atomic mass is 10.2. The topological polar surface area (TPSA) is 134 Å². The Morgan fingerprint density at radius 3 is 2.91 bits per heavy atom. The average Bonchev–Trinajstić information content (AvgIpc) is 3.39. The van der Waals surface area contributed by atoms with Crippen LogP contribution in [-0.4, -0.2) is 40.2 Å². The van der Waals surface area contributed by atoms with E-state index in [9.17, 15) is 8.42 Å². The van der Waals surface area contributed by atoms with Crippen molar-refractivity contribution in [3.8, 4) is 0 Å². The highest BCUT2D eigenvalue weighted by molar-refractivity contribution is 14.1. The van der Waals surface area contributed by atoms with Crippen molar-refractivity contribution in [1.29, 1.82) is 0 Å². The summed E-state index contributed by atoms with van der Waals surface area (Å²) in [6, 6.07) is 7.82. The Balaban J connectivity index is 1.51. The van der Waals surface area contributed by atoms with Crippen molar-refractivity contribution < 1.29 is 17.9 Å². The number of benzene rings is 1. The Bertz CT molecular complexity index is 1280. The summed E-state index contributed by atoms with van der Waals surface area (Å²) in [6.45, 7) is 2.73. The molecule has 3 heterocycles. The number of aryl methyl sites for hydroxylation is 1. The van der Waals surface area contributed by atoms with Crippen LogP contribution in [0, 0.1) is 3.57 Å². The molecule has 13 heteroatoms. The van der Waals surface area contributed by atoms with Gasteiger partial charge < -0.3 is 19.8 Å². The molecule has 2 aromatic heterocycles. The summed E-state index contributed by atoms with van der Waals surface area (Å²) < 4.78 is 41.5. The Labute approximate surface area is 209 Å². The van der Waals surface area contributed by atoms with Gasteiger partial charge in [0.05, 0.1) is 5.75 Å². The fraction of sp³-hybridized carbons (Fsp3) is 0.350. The summed E-state index contributed by atoms with van der Waals surface area (Å²) in [6.07, 6.45) is 3.49. The number of imidazole rings is 1. The van der Waals surface area contributed by atoms with Crippen molar-refractivity contribution in [2.24, 2.45) is 0 Å². The lowest BCUT2D eigenvalue weighted by molar-refractivity contribution is -0.0279. The third-order valence-electron chi connectivity index (χ3n) is 4.75. The molecule has 0 spiro atoms. The minimum Gasteiger partial charge on any atom is -0.454 e. The maximum Gasteiger partial charge on any atom is 0.268 e. The number of thioether (sulfide) groups is 1. The molecule has 0 fully saturated rings. The van der Waals surface area contributed by atoms with E-state index in [-0.39, 0.29) is 11.6 Å². The lowest BCUT2D eigenvalue weighted by Crippen LogP contribution is -2.27. The van der Waals surface area contributed by atoms with Crippen LogP contribution in [0.5, 0.6) is 0 Å². The summed E-state index contributed by atoms with van der Waals surface area (Å²) in [7, 11) is -3.34. The molecule has 10 nitrogen and oxygen atoms in total. The molecular formula is C20H23IN6O4S2. The van der Waals surface area contributed by atoms with E-state index in [0.717, 1.165) is 15.6 Å². The quantitative estimate of drug-likeness (QED) is 0.335. The first-order valence-corrected chi connectivity index (χ1v) is 13.8. The van der Waals surface area contributed by atoms with E-state index in [1.807, 2.05) is 35.8 Å². The lowest BCUT2D eigenvalue weighted by Gasteiger charge is -2.13. The largest absolute Gasteiger partial charge is 0.454 e. The van der Waals surface area contributed by atoms with Crippen molar-refractivity contribution >= 4 is 61.4 Å². The Kier molecular flexibility index (Phi) is 7.61. The summed E-state index contributed by atoms with van der Waals surface area (Å²) in [5.41, 5.74) is 7.93. The molecule has 176 valence electrons. The van der Waals surface area contributed by atoms with Crippen molar-refractivity contribution in [2.45, 2.75) is 37.8 Å². The average molecular weight is 602 g/mol. The van der Waals surface area contributed by atoms with E-state index in [2.05, 4.69) is 42.3 Å². The number of sulfonamides is 1. The minimum atomic E-state index is -3.34. The van der Waals surface area contributed by atoms with Crippen LogP contribution in [0.4, 0.5) is 5.82 Å². The zero-order chi connectivity index (χ0) is 23.4. The molecule has 1 atom stereocenters. The van der Waals surface area contributed by atoms with Gasteiger partial charge in [-0.15, -0.1) is 0 Å². The molecule has 0 saturated heterocycles. The summed E-state index contributed by atoms with van der Waals surface area (Å²) in [4.78, 5) is 12.9. The normalized spacial score (nSPS) is 15.9. The number of nitrogens with zero attached hydrogens (tertiary/aromatic N) is 4. The molecule has 1 aromatic carbocycles. The molecule has 0 bridgehead atoms. The molecule has 33 heavy (non-hydrogen) atoms. The van der Waals surface area contributed by atoms with E-state index in [4.69, 9.17) is 15.2 Å². The van der Waals surface area contributed by atoms with Crippen molar-refractivity contribution in [3.63, 3.8) is 0 Å². The molecule has 1 unspecified atom stereocenters. The number of nitrogens with one attached hydrogen (secondary N) is 1. The fourth-order valence-corrected chi connectivity index (χ4v) is 5.83. The number of anilines is 1. The minimum absolute atomic E-state index is 0.00578. The molecular weight excluding hydrogens is 579 g/mol. The van der Waals surface area contributed by atoms with Crippen molar-refractivity contribution in [1.82, 2.24) is 24.2 Å². The highest BCUT2D eigenvalue weighted by Gasteiger charge is 2.26. The number of ether oxygens (including phenoxy) is 2. The maximum atomic E-state index is 12.2. The van der Waals surface area contributed by atoms with E-state index < -0.39 is 16.3 Å². The van der Waals surface area contributed by atoms with Crippen LogP contribution < -0.4 is 10.5 Å². The molecule has 0 radical (unpaired) electrons. The predicted molar refractivity (Wildman–Crippen MR) is 134 cm³/mol. The molecule has 0 amide bonds. The molecule has 4 rings (SSSR count). The van der Waals surface area contributed by atoms with Crippen molar-refractivity contribution in [2.75, 3.05) is 18.0 Å². The van der Waals surface area contributed by atoms with Gasteiger partial charge in [-0.2, -0.15) is 0 Å². The first-order valence-electron chi connectivity index (χ1n) is 10.3. The first kappa shape index (κ1) is 24.0. The molecule has 3 N–H and O–H groups in total. The van der Waals surface area contributed by atoms with Crippen LogP contribution in [0.1, 0.15) is 31.6 Å². The summed E-state index contributed by atoms with van der Waals surface area (Å²) in [5.74, 6) is 0.251. The SMILES string of the molecule is CCCNS(=O)(=O)CCCn1c(SC2=COC(c3ccccc3I)O2)nc2c(N)ncnc21. The summed E-state index contributed by atoms with van der Waals surface area (Å²) >= 11 is 3.50. The number of hydrogen-bond acceptors (Lipinski definition) is 9. The molecule has 0 saturated carbocycles. The number of aromatic nitrogens is 4. The molecule has 3 aromatic rings. The van der Waals surface area contributed by atoms with Crippen LogP contribution in [0.25, 0.3) is 11.2 Å². The van der Waals surface area contributed by atoms with E-state index in [0.29, 0.717) is 40.9 Å². The second-order valence-corrected chi connectivity index (χ2v) is 11.3. The van der Waals surface area contributed by atoms with Crippen LogP contribution >= 0.6 is 34.4 Å². The van der Waals surface area contributed by atoms with Gasteiger partial charge in [-0.25, -0.2) is 28.1 Å². The van der Waals surface area contributed by atoms with Crippen LogP contribution in [0.2, 0.25) is 0 Å². The summed E-state index contributed by atoms with van der Waals surface area (Å²) in [5, 5.41) is 1.09. The molecule has 0 aliphatic carbocycles. The van der Waals surface area contributed by atoms with Crippen molar-refractivity contribution in [3.05, 3.63) is 51.1 Å². The van der Waals surface area contributed by atoms with Gasteiger partial charge in [-0.05, 0) is 53.3 Å². The van der Waals surface area contributed by atoms with Gasteiger partial charge in [0.1, 0.15) is 12.6 Å². The number of nitrogens with two attached hydrogens (primary N) is 1. The highest BCUT2D eigenvalue weighted by atomic mass is 127. The van der Waals surface area contributed by atoms with Gasteiger partial charge in [-0.1, -0.05) is 25.1 Å². The number of hydrogen-bond donors (Lipinski definition) is 2. The third kappa shape index (κ3) is 5.70. The number of fused-ring (bicyclic) bond motifs is 1. The number of halogens is 1. The van der Waals surface area contributed by atoms with E-state index >= 15 is 0 Å². The number of rotatable bonds is 10. The van der Waals surface area contributed by atoms with Gasteiger partial charge >= 0.3 is 0 Å². The van der Waals surface area contributed by atoms with Gasteiger partial charge in [0, 0.05) is 22.2 Å².